The third-order valence-electron chi connectivity index (χ3n) is 8.56. The first kappa shape index (κ1) is 32.0. The molecule has 3 heterocycles. The van der Waals surface area contributed by atoms with E-state index in [1.54, 1.807) is 19.3 Å². The summed E-state index contributed by atoms with van der Waals surface area (Å²) in [5, 5.41) is 16.2. The second-order valence-corrected chi connectivity index (χ2v) is 13.3. The van der Waals surface area contributed by atoms with Crippen LogP contribution < -0.4 is 20.1 Å². The van der Waals surface area contributed by atoms with Crippen LogP contribution in [-0.2, 0) is 10.0 Å². The largest absolute Gasteiger partial charge is 0.476 e. The number of imidazole rings is 1. The van der Waals surface area contributed by atoms with Gasteiger partial charge in [0.25, 0.3) is 5.91 Å². The van der Waals surface area contributed by atoms with Crippen molar-refractivity contribution in [3.05, 3.63) is 54.7 Å². The third kappa shape index (κ3) is 7.64. The number of sulfonamides is 1. The van der Waals surface area contributed by atoms with Crippen molar-refractivity contribution >= 4 is 32.9 Å². The lowest BCUT2D eigenvalue weighted by Gasteiger charge is -2.32. The summed E-state index contributed by atoms with van der Waals surface area (Å²) in [5.41, 5.74) is 1.60. The highest BCUT2D eigenvalue weighted by atomic mass is 32.2. The number of likely N-dealkylation sites (tertiary alicyclic amines) is 1. The number of benzene rings is 1. The molecule has 1 unspecified atom stereocenters. The molecule has 1 saturated carbocycles. The number of hydrogen-bond donors (Lipinski definition) is 4. The predicted molar refractivity (Wildman–Crippen MR) is 169 cm³/mol. The van der Waals surface area contributed by atoms with Crippen molar-refractivity contribution in [1.29, 1.82) is 0 Å². The summed E-state index contributed by atoms with van der Waals surface area (Å²) >= 11 is 0. The van der Waals surface area contributed by atoms with Crippen LogP contribution >= 0.6 is 0 Å². The molecular weight excluding hydrogens is 582 g/mol. The molecule has 3 aromatic rings. The Morgan fingerprint density at radius 3 is 2.68 bits per heavy atom. The van der Waals surface area contributed by atoms with Gasteiger partial charge in [-0.3, -0.25) is 20.3 Å². The van der Waals surface area contributed by atoms with Gasteiger partial charge in [0.15, 0.2) is 0 Å². The molecular formula is C31H43N7O5S. The standard InChI is InChI=1S/C31H43N7O5S/c1-3-14-34-44(41,42)25-9-7-8-23(19-25)30(40)36-31-35-26-21-33-28(43-18-17-37-15-5-4-6-16-37)20-27(26)38(31)24-12-10-22(11-13-24)29(39)32-2/h3,7-9,19-22,24,29,32,34,39H,1,4-6,10-18H2,2H3,(H,35,36,40). The quantitative estimate of drug-likeness (QED) is 0.166. The van der Waals surface area contributed by atoms with Gasteiger partial charge in [0, 0.05) is 30.8 Å². The van der Waals surface area contributed by atoms with Crippen LogP contribution in [0.3, 0.4) is 0 Å². The van der Waals surface area contributed by atoms with Crippen molar-refractivity contribution in [3.63, 3.8) is 0 Å². The highest BCUT2D eigenvalue weighted by molar-refractivity contribution is 7.89. The van der Waals surface area contributed by atoms with Crippen molar-refractivity contribution in [1.82, 2.24) is 29.5 Å². The number of pyridine rings is 1. The first-order valence-electron chi connectivity index (χ1n) is 15.4. The molecule has 1 aliphatic heterocycles. The van der Waals surface area contributed by atoms with E-state index in [9.17, 15) is 18.3 Å². The zero-order valence-corrected chi connectivity index (χ0v) is 26.1. The molecule has 0 bridgehead atoms. The first-order chi connectivity index (χ1) is 21.3. The summed E-state index contributed by atoms with van der Waals surface area (Å²) in [6, 6.07) is 7.78. The molecule has 2 aromatic heterocycles. The highest BCUT2D eigenvalue weighted by Gasteiger charge is 2.30. The zero-order valence-electron chi connectivity index (χ0n) is 25.2. The molecule has 5 rings (SSSR count). The maximum Gasteiger partial charge on any atom is 0.258 e. The first-order valence-corrected chi connectivity index (χ1v) is 16.9. The molecule has 1 amide bonds. The Morgan fingerprint density at radius 1 is 1.18 bits per heavy atom. The maximum absolute atomic E-state index is 13.5. The minimum atomic E-state index is -3.80. The summed E-state index contributed by atoms with van der Waals surface area (Å²) < 4.78 is 35.8. The van der Waals surface area contributed by atoms with Crippen molar-refractivity contribution < 1.29 is 23.1 Å². The molecule has 2 fully saturated rings. The second-order valence-electron chi connectivity index (χ2n) is 11.5. The molecule has 238 valence electrons. The van der Waals surface area contributed by atoms with Gasteiger partial charge in [-0.05, 0) is 82.8 Å². The highest BCUT2D eigenvalue weighted by Crippen LogP contribution is 2.38. The lowest BCUT2D eigenvalue weighted by atomic mass is 9.84. The van der Waals surface area contributed by atoms with Gasteiger partial charge in [0.2, 0.25) is 21.9 Å². The summed E-state index contributed by atoms with van der Waals surface area (Å²) in [7, 11) is -2.05. The third-order valence-corrected chi connectivity index (χ3v) is 9.98. The summed E-state index contributed by atoms with van der Waals surface area (Å²) in [5.74, 6) is 0.511. The number of hydrogen-bond acceptors (Lipinski definition) is 9. The normalized spacial score (nSPS) is 20.3. The van der Waals surface area contributed by atoms with E-state index < -0.39 is 22.2 Å². The van der Waals surface area contributed by atoms with Crippen molar-refractivity contribution in [2.45, 2.75) is 62.1 Å². The van der Waals surface area contributed by atoms with Crippen LogP contribution in [0.25, 0.3) is 11.0 Å². The van der Waals surface area contributed by atoms with E-state index in [-0.39, 0.29) is 29.0 Å². The van der Waals surface area contributed by atoms with E-state index >= 15 is 0 Å². The molecule has 1 saturated heterocycles. The molecule has 44 heavy (non-hydrogen) atoms. The number of nitrogens with one attached hydrogen (secondary N) is 3. The van der Waals surface area contributed by atoms with Crippen LogP contribution in [0.1, 0.15) is 61.3 Å². The van der Waals surface area contributed by atoms with Gasteiger partial charge in [0.05, 0.1) is 16.6 Å². The van der Waals surface area contributed by atoms with Crippen LogP contribution in [0.15, 0.2) is 54.1 Å². The van der Waals surface area contributed by atoms with Gasteiger partial charge in [0.1, 0.15) is 18.4 Å². The monoisotopic (exact) mass is 625 g/mol. The molecule has 1 aliphatic carbocycles. The van der Waals surface area contributed by atoms with Crippen molar-refractivity contribution in [2.24, 2.45) is 5.92 Å². The fourth-order valence-corrected chi connectivity index (χ4v) is 7.16. The fourth-order valence-electron chi connectivity index (χ4n) is 6.12. The molecule has 1 aromatic carbocycles. The Kier molecular flexibility index (Phi) is 10.6. The minimum absolute atomic E-state index is 0.0162. The zero-order chi connectivity index (χ0) is 31.1. The van der Waals surface area contributed by atoms with E-state index in [2.05, 4.69) is 31.8 Å². The van der Waals surface area contributed by atoms with Gasteiger partial charge in [-0.15, -0.1) is 6.58 Å². The van der Waals surface area contributed by atoms with Gasteiger partial charge < -0.3 is 14.4 Å². The second kappa shape index (κ2) is 14.6. The molecule has 1 atom stereocenters. The van der Waals surface area contributed by atoms with Crippen LogP contribution in [0, 0.1) is 5.92 Å². The summed E-state index contributed by atoms with van der Waals surface area (Å²) in [4.78, 5) is 25.1. The van der Waals surface area contributed by atoms with Gasteiger partial charge in [-0.1, -0.05) is 18.6 Å². The number of aliphatic hydroxyl groups excluding tert-OH is 1. The number of ether oxygens (including phenoxy) is 1. The molecule has 0 radical (unpaired) electrons. The number of carbonyl (C=O) groups excluding carboxylic acids is 1. The molecule has 2 aliphatic rings. The number of fused-ring (bicyclic) bond motifs is 1. The molecule has 12 nitrogen and oxygen atoms in total. The predicted octanol–water partition coefficient (Wildman–Crippen LogP) is 3.28. The van der Waals surface area contributed by atoms with E-state index in [0.29, 0.717) is 24.0 Å². The van der Waals surface area contributed by atoms with Crippen LogP contribution in [0.2, 0.25) is 0 Å². The van der Waals surface area contributed by atoms with Gasteiger partial charge in [-0.25, -0.2) is 23.1 Å². The Hall–Kier alpha value is -3.36. The van der Waals surface area contributed by atoms with Crippen LogP contribution in [0.5, 0.6) is 5.88 Å². The molecule has 13 heteroatoms. The van der Waals surface area contributed by atoms with Crippen LogP contribution in [0.4, 0.5) is 5.95 Å². The number of rotatable bonds is 13. The number of amides is 1. The van der Waals surface area contributed by atoms with Gasteiger partial charge in [-0.2, -0.15) is 0 Å². The Morgan fingerprint density at radius 2 is 1.95 bits per heavy atom. The SMILES string of the molecule is C=CCNS(=O)(=O)c1cccc(C(=O)Nc2nc3cnc(OCCN4CCCCC4)cc3n2C2CCC(C(O)NC)CC2)c1. The topological polar surface area (TPSA) is 151 Å². The molecule has 4 N–H and O–H groups in total. The van der Waals surface area contributed by atoms with E-state index in [0.717, 1.165) is 50.8 Å². The summed E-state index contributed by atoms with van der Waals surface area (Å²) in [6.07, 6.45) is 9.45. The Bertz CT molecular complexity index is 1550. The van der Waals surface area contributed by atoms with E-state index in [4.69, 9.17) is 9.72 Å². The average Bonchev–Trinajstić information content (AvgIpc) is 3.41. The lowest BCUT2D eigenvalue weighted by Crippen LogP contribution is -2.36. The fraction of sp³-hybridized carbons (Fsp3) is 0.516. The van der Waals surface area contributed by atoms with Gasteiger partial charge >= 0.3 is 0 Å². The van der Waals surface area contributed by atoms with E-state index in [1.165, 1.54) is 43.5 Å². The Balaban J connectivity index is 1.40. The number of carbonyl (C=O) groups is 1. The molecule has 0 spiro atoms. The average molecular weight is 626 g/mol. The van der Waals surface area contributed by atoms with Crippen molar-refractivity contribution in [3.8, 4) is 5.88 Å². The van der Waals surface area contributed by atoms with Crippen molar-refractivity contribution in [2.75, 3.05) is 45.2 Å². The number of anilines is 1. The minimum Gasteiger partial charge on any atom is -0.476 e. The Labute approximate surface area is 259 Å². The van der Waals surface area contributed by atoms with Crippen LogP contribution in [-0.4, -0.2) is 84.9 Å². The summed E-state index contributed by atoms with van der Waals surface area (Å²) in [6.45, 7) is 7.18. The smallest absolute Gasteiger partial charge is 0.258 e. The number of nitrogens with zero attached hydrogens (tertiary/aromatic N) is 4. The lowest BCUT2D eigenvalue weighted by molar-refractivity contribution is 0.0545. The number of piperidine rings is 1. The van der Waals surface area contributed by atoms with E-state index in [1.807, 2.05) is 10.6 Å². The number of aliphatic hydroxyl groups is 1. The maximum atomic E-state index is 13.5. The number of aromatic nitrogens is 3.